The first-order valence-corrected chi connectivity index (χ1v) is 9.66. The summed E-state index contributed by atoms with van der Waals surface area (Å²) in [5.74, 6) is -3.74. The predicted octanol–water partition coefficient (Wildman–Crippen LogP) is 2.79. The fourth-order valence-electron chi connectivity index (χ4n) is 2.93. The van der Waals surface area contributed by atoms with Crippen LogP contribution < -0.4 is 4.90 Å². The number of likely N-dealkylation sites (N-methyl/N-ethyl adjacent to an activating group) is 1. The fourth-order valence-corrected chi connectivity index (χ4v) is 3.61. The molecular weight excluding hydrogens is 453 g/mol. The van der Waals surface area contributed by atoms with Crippen LogP contribution in [-0.2, 0) is 17.5 Å². The lowest BCUT2D eigenvalue weighted by Crippen LogP contribution is -2.33. The molecule has 0 atom stereocenters. The Kier molecular flexibility index (Phi) is 5.12. The molecule has 0 radical (unpaired) electrons. The second-order valence-corrected chi connectivity index (χ2v) is 7.54. The molecule has 1 aromatic carbocycles. The van der Waals surface area contributed by atoms with Crippen molar-refractivity contribution in [1.82, 2.24) is 15.1 Å². The molecule has 1 aliphatic heterocycles. The molecule has 0 aliphatic carbocycles. The standard InChI is InChI=1S/C19H11F3N4O5S/c1-25(18-24-23-17(32-18)19(20,21)22)16(30)13(27)12-7-6-9(31-12)8-26-14(28)10-4-2-3-5-11(10)15(26)29/h2-7H,8H2,1H3. The lowest BCUT2D eigenvalue weighted by Gasteiger charge is -2.12. The highest BCUT2D eigenvalue weighted by atomic mass is 32.1. The van der Waals surface area contributed by atoms with Gasteiger partial charge in [0.05, 0.1) is 17.7 Å². The van der Waals surface area contributed by atoms with Crippen molar-refractivity contribution in [2.45, 2.75) is 12.7 Å². The van der Waals surface area contributed by atoms with E-state index < -0.39 is 45.6 Å². The highest BCUT2D eigenvalue weighted by molar-refractivity contribution is 7.15. The summed E-state index contributed by atoms with van der Waals surface area (Å²) in [5, 5.41) is 4.55. The van der Waals surface area contributed by atoms with Crippen molar-refractivity contribution in [3.8, 4) is 0 Å². The fraction of sp³-hybridized carbons (Fsp3) is 0.158. The van der Waals surface area contributed by atoms with Gasteiger partial charge < -0.3 is 4.42 Å². The number of imide groups is 1. The number of Topliss-reactive ketones (excluding diaryl/α,β-unsaturated/α-hetero) is 1. The molecule has 0 bridgehead atoms. The van der Waals surface area contributed by atoms with Crippen LogP contribution in [0.2, 0.25) is 0 Å². The van der Waals surface area contributed by atoms with Gasteiger partial charge in [0, 0.05) is 7.05 Å². The number of carbonyl (C=O) groups excluding carboxylic acids is 4. The predicted molar refractivity (Wildman–Crippen MR) is 102 cm³/mol. The molecule has 0 saturated carbocycles. The van der Waals surface area contributed by atoms with Crippen molar-refractivity contribution in [3.05, 3.63) is 64.1 Å². The van der Waals surface area contributed by atoms with E-state index in [9.17, 15) is 32.3 Å². The number of halogens is 3. The first-order valence-electron chi connectivity index (χ1n) is 8.85. The Morgan fingerprint density at radius 2 is 1.69 bits per heavy atom. The van der Waals surface area contributed by atoms with E-state index in [-0.39, 0.29) is 34.8 Å². The van der Waals surface area contributed by atoms with Gasteiger partial charge in [-0.3, -0.25) is 29.0 Å². The Morgan fingerprint density at radius 3 is 2.25 bits per heavy atom. The van der Waals surface area contributed by atoms with Crippen LogP contribution >= 0.6 is 11.3 Å². The summed E-state index contributed by atoms with van der Waals surface area (Å²) in [6, 6.07) is 8.75. The molecule has 2 aromatic heterocycles. The minimum Gasteiger partial charge on any atom is -0.455 e. The summed E-state index contributed by atoms with van der Waals surface area (Å²) in [5.41, 5.74) is 0.486. The molecule has 0 unspecified atom stereocenters. The molecule has 164 valence electrons. The summed E-state index contributed by atoms with van der Waals surface area (Å²) < 4.78 is 43.3. The monoisotopic (exact) mass is 464 g/mol. The molecule has 0 saturated heterocycles. The highest BCUT2D eigenvalue weighted by Crippen LogP contribution is 2.34. The third-order valence-electron chi connectivity index (χ3n) is 4.52. The Hall–Kier alpha value is -3.87. The number of hydrogen-bond donors (Lipinski definition) is 0. The minimum absolute atomic E-state index is 0.0635. The maximum absolute atomic E-state index is 12.7. The van der Waals surface area contributed by atoms with Crippen molar-refractivity contribution in [3.63, 3.8) is 0 Å². The number of anilines is 1. The third kappa shape index (κ3) is 3.66. The van der Waals surface area contributed by atoms with E-state index in [1.165, 1.54) is 24.3 Å². The lowest BCUT2D eigenvalue weighted by atomic mass is 10.1. The van der Waals surface area contributed by atoms with E-state index in [1.54, 1.807) is 12.1 Å². The van der Waals surface area contributed by atoms with E-state index in [1.807, 2.05) is 0 Å². The summed E-state index contributed by atoms with van der Waals surface area (Å²) in [4.78, 5) is 51.2. The van der Waals surface area contributed by atoms with Crippen LogP contribution in [0.25, 0.3) is 0 Å². The number of rotatable bonds is 5. The average Bonchev–Trinajstić information content (AvgIpc) is 3.48. The molecule has 1 aliphatic rings. The van der Waals surface area contributed by atoms with Gasteiger partial charge in [0.2, 0.25) is 10.1 Å². The molecule has 3 amide bonds. The summed E-state index contributed by atoms with van der Waals surface area (Å²) in [6.07, 6.45) is -4.73. The van der Waals surface area contributed by atoms with Crippen LogP contribution in [0.4, 0.5) is 18.3 Å². The average molecular weight is 464 g/mol. The summed E-state index contributed by atoms with van der Waals surface area (Å²) in [6.45, 7) is -0.269. The molecule has 9 nitrogen and oxygen atoms in total. The smallest absolute Gasteiger partial charge is 0.445 e. The largest absolute Gasteiger partial charge is 0.455 e. The van der Waals surface area contributed by atoms with Crippen LogP contribution in [0, 0.1) is 0 Å². The van der Waals surface area contributed by atoms with E-state index in [0.29, 0.717) is 4.90 Å². The van der Waals surface area contributed by atoms with Crippen molar-refractivity contribution in [2.24, 2.45) is 0 Å². The van der Waals surface area contributed by atoms with Crippen molar-refractivity contribution < 1.29 is 36.8 Å². The Balaban J connectivity index is 1.47. The van der Waals surface area contributed by atoms with Crippen molar-refractivity contribution in [1.29, 1.82) is 0 Å². The number of furan rings is 1. The van der Waals surface area contributed by atoms with Gasteiger partial charge in [0.1, 0.15) is 5.76 Å². The molecule has 0 fully saturated rings. The van der Waals surface area contributed by atoms with Crippen LogP contribution in [0.5, 0.6) is 0 Å². The number of alkyl halides is 3. The van der Waals surface area contributed by atoms with Gasteiger partial charge in [0.25, 0.3) is 17.6 Å². The van der Waals surface area contributed by atoms with Crippen LogP contribution in [0.3, 0.4) is 0 Å². The Morgan fingerprint density at radius 1 is 1.06 bits per heavy atom. The number of benzene rings is 1. The molecule has 4 rings (SSSR count). The molecular formula is C19H11F3N4O5S. The number of hydrogen-bond acceptors (Lipinski definition) is 8. The van der Waals surface area contributed by atoms with Gasteiger partial charge in [-0.05, 0) is 24.3 Å². The van der Waals surface area contributed by atoms with Gasteiger partial charge in [-0.2, -0.15) is 13.2 Å². The van der Waals surface area contributed by atoms with Gasteiger partial charge in [-0.1, -0.05) is 23.5 Å². The number of aromatic nitrogens is 2. The minimum atomic E-state index is -4.73. The van der Waals surface area contributed by atoms with E-state index in [2.05, 4.69) is 10.2 Å². The van der Waals surface area contributed by atoms with Crippen molar-refractivity contribution in [2.75, 3.05) is 11.9 Å². The second-order valence-electron chi connectivity index (χ2n) is 6.59. The highest BCUT2D eigenvalue weighted by Gasteiger charge is 2.38. The number of fused-ring (bicyclic) bond motifs is 1. The summed E-state index contributed by atoms with van der Waals surface area (Å²) >= 11 is 0.103. The Labute approximate surface area is 181 Å². The normalized spacial score (nSPS) is 13.4. The van der Waals surface area contributed by atoms with Gasteiger partial charge in [0.15, 0.2) is 5.76 Å². The van der Waals surface area contributed by atoms with Gasteiger partial charge in [-0.25, -0.2) is 0 Å². The van der Waals surface area contributed by atoms with Crippen LogP contribution in [0.15, 0.2) is 40.8 Å². The first kappa shape index (κ1) is 21.4. The zero-order valence-electron chi connectivity index (χ0n) is 16.0. The number of ketones is 1. The van der Waals surface area contributed by atoms with Gasteiger partial charge in [-0.15, -0.1) is 10.2 Å². The van der Waals surface area contributed by atoms with E-state index in [4.69, 9.17) is 4.42 Å². The lowest BCUT2D eigenvalue weighted by molar-refractivity contribution is -0.138. The Bertz CT molecular complexity index is 1230. The van der Waals surface area contributed by atoms with E-state index >= 15 is 0 Å². The number of amides is 3. The third-order valence-corrected chi connectivity index (χ3v) is 5.56. The van der Waals surface area contributed by atoms with Crippen LogP contribution in [0.1, 0.15) is 42.0 Å². The molecule has 0 spiro atoms. The maximum Gasteiger partial charge on any atom is 0.445 e. The molecule has 32 heavy (non-hydrogen) atoms. The van der Waals surface area contributed by atoms with Gasteiger partial charge >= 0.3 is 12.1 Å². The quantitative estimate of drug-likeness (QED) is 0.324. The number of nitrogens with zero attached hydrogens (tertiary/aromatic N) is 4. The zero-order valence-corrected chi connectivity index (χ0v) is 16.9. The van der Waals surface area contributed by atoms with E-state index in [0.717, 1.165) is 11.9 Å². The SMILES string of the molecule is CN(C(=O)C(=O)c1ccc(CN2C(=O)c3ccccc3C2=O)o1)c1nnc(C(F)(F)F)s1. The topological polar surface area (TPSA) is 114 Å². The number of carbonyl (C=O) groups is 4. The zero-order chi connectivity index (χ0) is 23.2. The maximum atomic E-state index is 12.7. The first-order chi connectivity index (χ1) is 15.1. The summed E-state index contributed by atoms with van der Waals surface area (Å²) in [7, 11) is 1.07. The van der Waals surface area contributed by atoms with Crippen LogP contribution in [-0.4, -0.2) is 45.6 Å². The molecule has 0 N–H and O–H groups in total. The molecule has 3 heterocycles. The molecule has 3 aromatic rings. The second kappa shape index (κ2) is 7.67. The molecule has 13 heteroatoms. The van der Waals surface area contributed by atoms with Crippen molar-refractivity contribution >= 4 is 40.0 Å².